The van der Waals surface area contributed by atoms with Crippen LogP contribution in [0.2, 0.25) is 0 Å². The molecular weight excluding hydrogens is 165 g/mol. The SMILES string of the molecule is Br.Cl.Cl.N. The van der Waals surface area contributed by atoms with Crippen LogP contribution in [-0.2, 0) is 0 Å². The Bertz CT molecular complexity index is 6.00. The largest absolute Gasteiger partial charge is 0.344 e. The van der Waals surface area contributed by atoms with Gasteiger partial charge in [0.1, 0.15) is 0 Å². The Morgan fingerprint density at radius 3 is 0.750 bits per heavy atom. The van der Waals surface area contributed by atoms with Crippen LogP contribution in [0.25, 0.3) is 0 Å². The Labute approximate surface area is 48.3 Å². The minimum atomic E-state index is 0. The van der Waals surface area contributed by atoms with Crippen LogP contribution >= 0.6 is 41.8 Å². The molecule has 0 saturated carbocycles. The molecule has 1 nitrogen and oxygen atoms in total. The molecule has 32 valence electrons. The minimum absolute atomic E-state index is 0. The third-order valence-electron chi connectivity index (χ3n) is 0. The maximum Gasteiger partial charge on any atom is -0.114 e. The maximum atomic E-state index is 0. The predicted octanol–water partition coefficient (Wildman–Crippen LogP) is 1.58. The van der Waals surface area contributed by atoms with Gasteiger partial charge in [-0.25, -0.2) is 0 Å². The van der Waals surface area contributed by atoms with Gasteiger partial charge in [-0.2, -0.15) is 0 Å². The van der Waals surface area contributed by atoms with Gasteiger partial charge < -0.3 is 6.15 Å². The van der Waals surface area contributed by atoms with Crippen molar-refractivity contribution in [1.82, 2.24) is 6.15 Å². The summed E-state index contributed by atoms with van der Waals surface area (Å²) in [5.41, 5.74) is 0. The molecule has 4 heteroatoms. The zero-order valence-electron chi connectivity index (χ0n) is 1.93. The van der Waals surface area contributed by atoms with Crippen molar-refractivity contribution in [2.45, 2.75) is 0 Å². The van der Waals surface area contributed by atoms with Crippen molar-refractivity contribution in [2.75, 3.05) is 0 Å². The second kappa shape index (κ2) is 35.2. The standard InChI is InChI=1S/BrH.2ClH.H3N/h3*1H;1H3. The molecule has 0 atom stereocenters. The van der Waals surface area contributed by atoms with E-state index in [1.165, 1.54) is 0 Å². The number of rotatable bonds is 0. The Kier molecular flexibility index (Phi) is 687. The van der Waals surface area contributed by atoms with Crippen molar-refractivity contribution in [3.05, 3.63) is 0 Å². The molecule has 0 heterocycles. The lowest BCUT2D eigenvalue weighted by molar-refractivity contribution is 2.13. The summed E-state index contributed by atoms with van der Waals surface area (Å²) in [6.07, 6.45) is 0. The molecule has 0 aromatic carbocycles. The van der Waals surface area contributed by atoms with Gasteiger partial charge in [0.2, 0.25) is 0 Å². The van der Waals surface area contributed by atoms with Gasteiger partial charge in [-0.1, -0.05) is 0 Å². The van der Waals surface area contributed by atoms with Crippen LogP contribution in [0.15, 0.2) is 0 Å². The highest BCUT2D eigenvalue weighted by molar-refractivity contribution is 8.93. The minimum Gasteiger partial charge on any atom is -0.344 e. The summed E-state index contributed by atoms with van der Waals surface area (Å²) in [4.78, 5) is 0. The fourth-order valence-corrected chi connectivity index (χ4v) is 0. The second-order valence-electron chi connectivity index (χ2n) is 0. The van der Waals surface area contributed by atoms with Crippen molar-refractivity contribution in [2.24, 2.45) is 0 Å². The van der Waals surface area contributed by atoms with Crippen molar-refractivity contribution in [3.63, 3.8) is 0 Å². The zero-order valence-corrected chi connectivity index (χ0v) is 5.28. The smallest absolute Gasteiger partial charge is 0.114 e. The van der Waals surface area contributed by atoms with Crippen LogP contribution < -0.4 is 6.15 Å². The topological polar surface area (TPSA) is 35.0 Å². The summed E-state index contributed by atoms with van der Waals surface area (Å²) >= 11 is 0. The van der Waals surface area contributed by atoms with Gasteiger partial charge in [0.05, 0.1) is 0 Å². The van der Waals surface area contributed by atoms with Crippen molar-refractivity contribution in [3.8, 4) is 0 Å². The van der Waals surface area contributed by atoms with Gasteiger partial charge in [-0.3, -0.25) is 0 Å². The van der Waals surface area contributed by atoms with E-state index in [0.717, 1.165) is 0 Å². The van der Waals surface area contributed by atoms with E-state index >= 15 is 0 Å². The Balaban J connectivity index is 0. The van der Waals surface area contributed by atoms with Crippen LogP contribution in [0.4, 0.5) is 0 Å². The highest BCUT2D eigenvalue weighted by atomic mass is 79.9. The van der Waals surface area contributed by atoms with Crippen molar-refractivity contribution >= 4 is 41.8 Å². The van der Waals surface area contributed by atoms with Crippen LogP contribution in [-0.4, -0.2) is 0 Å². The van der Waals surface area contributed by atoms with E-state index in [0.29, 0.717) is 0 Å². The Morgan fingerprint density at radius 1 is 0.750 bits per heavy atom. The molecule has 0 aromatic rings. The van der Waals surface area contributed by atoms with Gasteiger partial charge in [0.15, 0.2) is 0 Å². The number of halogens is 3. The van der Waals surface area contributed by atoms with E-state index in [4.69, 9.17) is 0 Å². The molecule has 0 amide bonds. The lowest BCUT2D eigenvalue weighted by Crippen LogP contribution is -0.481. The summed E-state index contributed by atoms with van der Waals surface area (Å²) in [7, 11) is 0. The van der Waals surface area contributed by atoms with Crippen LogP contribution in [0, 0.1) is 0 Å². The average molecular weight is 171 g/mol. The van der Waals surface area contributed by atoms with Gasteiger partial charge in [-0.05, 0) is 0 Å². The van der Waals surface area contributed by atoms with Crippen molar-refractivity contribution < 1.29 is 0 Å². The molecule has 3 N–H and O–H groups in total. The van der Waals surface area contributed by atoms with Crippen molar-refractivity contribution in [1.29, 1.82) is 0 Å². The fraction of sp³-hybridized carbons (Fsp3) is 0. The number of hydrogen-bond donors (Lipinski definition) is 1. The monoisotopic (exact) mass is 169 g/mol. The Hall–Kier alpha value is 1.02. The molecule has 0 unspecified atom stereocenters. The molecule has 0 spiro atoms. The molecular formula is H6BrCl2N. The zero-order chi connectivity index (χ0) is 0. The third-order valence-corrected chi connectivity index (χ3v) is 0. The Morgan fingerprint density at radius 2 is 0.750 bits per heavy atom. The molecule has 0 fully saturated rings. The van der Waals surface area contributed by atoms with Gasteiger partial charge in [-0.15, -0.1) is 41.8 Å². The van der Waals surface area contributed by atoms with E-state index in [9.17, 15) is 0 Å². The molecule has 0 rings (SSSR count). The molecule has 0 aromatic heterocycles. The quantitative estimate of drug-likeness (QED) is 0.589. The van der Waals surface area contributed by atoms with Crippen LogP contribution in [0.1, 0.15) is 0 Å². The van der Waals surface area contributed by atoms with E-state index in [-0.39, 0.29) is 47.9 Å². The van der Waals surface area contributed by atoms with Crippen LogP contribution in [0.3, 0.4) is 0 Å². The van der Waals surface area contributed by atoms with E-state index in [1.54, 1.807) is 0 Å². The fourth-order valence-electron chi connectivity index (χ4n) is 0. The highest BCUT2D eigenvalue weighted by Crippen LogP contribution is 0.846. The second-order valence-corrected chi connectivity index (χ2v) is 0. The van der Waals surface area contributed by atoms with Gasteiger partial charge in [0.25, 0.3) is 0 Å². The first-order chi connectivity index (χ1) is 0. The van der Waals surface area contributed by atoms with Gasteiger partial charge in [0, 0.05) is 0 Å². The maximum absolute atomic E-state index is 0. The molecule has 0 radical (unpaired) electrons. The van der Waals surface area contributed by atoms with E-state index in [1.807, 2.05) is 0 Å². The van der Waals surface area contributed by atoms with Crippen LogP contribution in [0.5, 0.6) is 0 Å². The molecule has 0 aliphatic carbocycles. The normalized spacial score (nSPS) is 0. The molecule has 0 aliphatic heterocycles. The summed E-state index contributed by atoms with van der Waals surface area (Å²) in [6, 6.07) is 0. The summed E-state index contributed by atoms with van der Waals surface area (Å²) in [5.74, 6) is 0. The average Bonchev–Trinajstić information content (AvgIpc) is 0. The third kappa shape index (κ3) is 11.8. The highest BCUT2D eigenvalue weighted by Gasteiger charge is -0.114. The molecule has 4 heavy (non-hydrogen) atoms. The lowest BCUT2D eigenvalue weighted by Gasteiger charge is -0.344. The molecule has 0 bridgehead atoms. The molecule has 0 saturated heterocycles. The number of hydrogen-bond acceptors (Lipinski definition) is 1. The summed E-state index contributed by atoms with van der Waals surface area (Å²) in [5, 5.41) is 0. The lowest BCUT2D eigenvalue weighted by atomic mass is 14.0. The van der Waals surface area contributed by atoms with Gasteiger partial charge >= 0.3 is 0 Å². The summed E-state index contributed by atoms with van der Waals surface area (Å²) in [6.45, 7) is 0. The predicted molar refractivity (Wildman–Crippen MR) is 29.8 cm³/mol. The van der Waals surface area contributed by atoms with E-state index in [2.05, 4.69) is 0 Å². The summed E-state index contributed by atoms with van der Waals surface area (Å²) < 4.78 is 0. The first-order valence-electron chi connectivity index (χ1n) is 0. The molecule has 0 aliphatic rings. The first kappa shape index (κ1) is 78.0. The first-order valence-corrected chi connectivity index (χ1v) is 0. The van der Waals surface area contributed by atoms with E-state index < -0.39 is 0 Å².